The van der Waals surface area contributed by atoms with Crippen molar-refractivity contribution in [3.8, 4) is 67.0 Å². The average Bonchev–Trinajstić information content (AvgIpc) is 1.59. The summed E-state index contributed by atoms with van der Waals surface area (Å²) in [5.41, 5.74) is 18.7. The predicted octanol–water partition coefficient (Wildman–Crippen LogP) is 27.7. The molecular formula is C108H88BN5. The molecule has 0 spiro atoms. The number of fused-ring (bicyclic) bond motifs is 10. The number of anilines is 9. The van der Waals surface area contributed by atoms with Crippen LogP contribution in [0.15, 0.2) is 370 Å². The summed E-state index contributed by atoms with van der Waals surface area (Å²) in [6.07, 6.45) is 0. The molecule has 0 fully saturated rings. The van der Waals surface area contributed by atoms with Gasteiger partial charge in [0.25, 0.3) is 6.71 Å². The molecule has 0 amide bonds. The second kappa shape index (κ2) is 27.2. The van der Waals surface area contributed by atoms with E-state index in [0.717, 1.165) is 100 Å². The molecule has 5 nitrogen and oxygen atoms in total. The summed E-state index contributed by atoms with van der Waals surface area (Å²) < 4.78 is 167. The molecule has 20 rings (SSSR count). The second-order valence-corrected chi connectivity index (χ2v) is 32.8. The van der Waals surface area contributed by atoms with Crippen LogP contribution in [-0.4, -0.2) is 15.8 Å². The molecule has 6 heteroatoms. The Bertz CT molecular complexity index is 7650. The van der Waals surface area contributed by atoms with E-state index in [1.807, 2.05) is 77.4 Å². The summed E-state index contributed by atoms with van der Waals surface area (Å²) >= 11 is 0. The molecule has 16 aromatic carbocycles. The van der Waals surface area contributed by atoms with Gasteiger partial charge in [0, 0.05) is 89.3 Å². The molecule has 2 aromatic heterocycles. The van der Waals surface area contributed by atoms with Gasteiger partial charge in [-0.3, -0.25) is 0 Å². The zero-order chi connectivity index (χ0) is 92.1. The minimum absolute atomic E-state index is 0.0725. The number of hydrogen-bond acceptors (Lipinski definition) is 3. The van der Waals surface area contributed by atoms with Crippen LogP contribution in [0.25, 0.3) is 111 Å². The van der Waals surface area contributed by atoms with Gasteiger partial charge in [-0.1, -0.05) is 317 Å². The number of nitrogens with zero attached hydrogens (tertiary/aromatic N) is 5. The van der Waals surface area contributed by atoms with E-state index >= 15 is 0 Å². The van der Waals surface area contributed by atoms with Gasteiger partial charge in [0.2, 0.25) is 0 Å². The first-order chi connectivity index (χ1) is 62.5. The molecule has 548 valence electrons. The van der Waals surface area contributed by atoms with Crippen LogP contribution < -0.4 is 31.1 Å². The Morgan fingerprint density at radius 1 is 0.272 bits per heavy atom. The number of aromatic nitrogens is 2. The third-order valence-electron chi connectivity index (χ3n) is 22.8. The van der Waals surface area contributed by atoms with E-state index in [4.69, 9.17) is 4.11 Å². The molecule has 4 heterocycles. The molecule has 18 aromatic rings. The highest BCUT2D eigenvalue weighted by atomic mass is 15.2. The fourth-order valence-electron chi connectivity index (χ4n) is 17.2. The van der Waals surface area contributed by atoms with Crippen LogP contribution in [-0.2, 0) is 16.2 Å². The van der Waals surface area contributed by atoms with Gasteiger partial charge in [-0.2, -0.15) is 0 Å². The Balaban J connectivity index is 1.03. The molecule has 0 saturated heterocycles. The van der Waals surface area contributed by atoms with Crippen molar-refractivity contribution < 1.29 is 23.3 Å². The SMILES string of the molecule is [2H]c1c([2H])c([2H])c(N(c2ccccc2)c2ccc3c(c2)c2c([2H])c([2H])c([2H])c([2H])c2n3-c2cc3c4c(c2)N(c2c(-c5ccccc5)cc(C(C)(C)C)cc2-c2ccccc2)c2cc(-n5c6c([2H])c([2H])c([2H])c([2H])c6c6c([2H])c([2H])c([2H])c([2H])c65)ccc2B4c2ccc(-c4cccc(C(C)(C)C)c4)cc2N3c2c(-c3ccccc3)cc(C(C)(C)C)cc2-c2ccccc2)c([2H])c1[2H]. The van der Waals surface area contributed by atoms with Gasteiger partial charge in [-0.25, -0.2) is 0 Å². The first kappa shape index (κ1) is 53.5. The minimum atomic E-state index is -0.768. The number of benzene rings is 16. The molecule has 0 bridgehead atoms. The highest BCUT2D eigenvalue weighted by Crippen LogP contribution is 2.56. The highest BCUT2D eigenvalue weighted by molar-refractivity contribution is 7.00. The van der Waals surface area contributed by atoms with Crippen molar-refractivity contribution in [3.63, 3.8) is 0 Å². The Hall–Kier alpha value is -13.4. The second-order valence-electron chi connectivity index (χ2n) is 32.8. The monoisotopic (exact) mass is 1480 g/mol. The first-order valence-electron chi connectivity index (χ1n) is 47.3. The van der Waals surface area contributed by atoms with Crippen LogP contribution in [0, 0.1) is 0 Å². The van der Waals surface area contributed by atoms with Crippen molar-refractivity contribution in [2.75, 3.05) is 14.7 Å². The van der Waals surface area contributed by atoms with Gasteiger partial charge in [-0.15, -0.1) is 0 Å². The Morgan fingerprint density at radius 2 is 0.667 bits per heavy atom. The molecule has 0 radical (unpaired) electrons. The average molecular weight is 1480 g/mol. The maximum atomic E-state index is 10.6. The highest BCUT2D eigenvalue weighted by Gasteiger charge is 2.47. The van der Waals surface area contributed by atoms with Crippen LogP contribution in [0.4, 0.5) is 51.2 Å². The largest absolute Gasteiger partial charge is 0.310 e. The summed E-state index contributed by atoms with van der Waals surface area (Å²) in [5.74, 6) is 0. The van der Waals surface area contributed by atoms with Gasteiger partial charge in [0.1, 0.15) is 0 Å². The van der Waals surface area contributed by atoms with Crippen molar-refractivity contribution in [1.82, 2.24) is 9.13 Å². The van der Waals surface area contributed by atoms with E-state index in [2.05, 4.69) is 230 Å². The number of hydrogen-bond donors (Lipinski definition) is 0. The van der Waals surface area contributed by atoms with E-state index in [1.54, 1.807) is 45.9 Å². The third kappa shape index (κ3) is 11.8. The third-order valence-corrected chi connectivity index (χ3v) is 22.8. The van der Waals surface area contributed by atoms with Crippen molar-refractivity contribution in [2.24, 2.45) is 0 Å². The van der Waals surface area contributed by atoms with Crippen LogP contribution in [0.3, 0.4) is 0 Å². The van der Waals surface area contributed by atoms with Crippen molar-refractivity contribution in [1.29, 1.82) is 0 Å². The number of para-hydroxylation sites is 5. The van der Waals surface area contributed by atoms with E-state index < -0.39 is 108 Å². The van der Waals surface area contributed by atoms with Crippen molar-refractivity contribution >= 4 is 118 Å². The first-order valence-corrected chi connectivity index (χ1v) is 38.8. The minimum Gasteiger partial charge on any atom is -0.310 e. The molecule has 0 unspecified atom stereocenters. The van der Waals surface area contributed by atoms with Crippen LogP contribution in [0.2, 0.25) is 0 Å². The molecular weight excluding hydrogens is 1380 g/mol. The fraction of sp³-hybridized carbons (Fsp3) is 0.111. The van der Waals surface area contributed by atoms with E-state index in [-0.39, 0.29) is 61.6 Å². The smallest absolute Gasteiger partial charge is 0.252 e. The van der Waals surface area contributed by atoms with Gasteiger partial charge >= 0.3 is 0 Å². The summed E-state index contributed by atoms with van der Waals surface area (Å²) in [6.45, 7) is 19.1. The summed E-state index contributed by atoms with van der Waals surface area (Å²) in [5, 5.41) is 0.263. The fourth-order valence-corrected chi connectivity index (χ4v) is 17.2. The lowest BCUT2D eigenvalue weighted by Crippen LogP contribution is -2.61. The predicted molar refractivity (Wildman–Crippen MR) is 487 cm³/mol. The van der Waals surface area contributed by atoms with E-state index in [1.165, 1.54) is 0 Å². The zero-order valence-electron chi connectivity index (χ0n) is 81.7. The Labute approximate surface area is 693 Å². The maximum absolute atomic E-state index is 10.6. The molecule has 0 saturated carbocycles. The summed E-state index contributed by atoms with van der Waals surface area (Å²) in [7, 11) is 0. The number of rotatable bonds is 12. The molecule has 114 heavy (non-hydrogen) atoms. The van der Waals surface area contributed by atoms with Gasteiger partial charge in [0.15, 0.2) is 0 Å². The van der Waals surface area contributed by atoms with Crippen LogP contribution in [0.1, 0.15) is 102 Å². The summed E-state index contributed by atoms with van der Waals surface area (Å²) in [4.78, 5) is 6.28. The Morgan fingerprint density at radius 3 is 1.14 bits per heavy atom. The van der Waals surface area contributed by atoms with Gasteiger partial charge in [-0.05, 0) is 198 Å². The molecule has 0 N–H and O–H groups in total. The van der Waals surface area contributed by atoms with Crippen LogP contribution >= 0.6 is 0 Å². The van der Waals surface area contributed by atoms with Crippen molar-refractivity contribution in [2.45, 2.75) is 78.6 Å². The molecule has 0 atom stereocenters. The standard InChI is InChI=1S/C108H88BN5/c1-106(2,3)77-44-34-43-75(61-77)76-55-58-93-99(62-76)113(104-88(71-35-16-10-17-36-71)63-78(107(4,5)6)64-89(104)72-37-18-11-19-38-72)101-69-84(112-97-54-33-30-51-87(97)92-67-82(57-60-98(92)112)110(80-45-24-14-25-46-80)81-47-26-15-27-48-81)70-102-103(101)109(93)94-59-56-83(111-95-52-31-28-49-85(95)86-50-29-32-53-96(86)111)68-100(94)114(102)105-90(73-39-20-12-21-40-73)65-79(108(7,8)9)66-91(105)74-41-22-13-23-42-74/h10-70H,1-9H3/i14D,24D,25D,28D,29D,30D,31D,32D,33D,45D,46D,49D,50D,51D,52D,53D,54D. The van der Waals surface area contributed by atoms with Gasteiger partial charge in [0.05, 0.1) is 62.4 Å². The zero-order valence-corrected chi connectivity index (χ0v) is 64.7. The van der Waals surface area contributed by atoms with E-state index in [9.17, 15) is 19.2 Å². The lowest BCUT2D eigenvalue weighted by molar-refractivity contribution is 0.590. The van der Waals surface area contributed by atoms with Crippen LogP contribution in [0.5, 0.6) is 0 Å². The lowest BCUT2D eigenvalue weighted by atomic mass is 9.33. The Kier molecular flexibility index (Phi) is 12.8. The summed E-state index contributed by atoms with van der Waals surface area (Å²) in [6, 6.07) is 81.5. The van der Waals surface area contributed by atoms with Crippen molar-refractivity contribution in [3.05, 3.63) is 386 Å². The molecule has 2 aliphatic heterocycles. The quantitative estimate of drug-likeness (QED) is 0.114. The molecule has 2 aliphatic rings. The van der Waals surface area contributed by atoms with E-state index in [0.29, 0.717) is 50.7 Å². The normalized spacial score (nSPS) is 14.8. The maximum Gasteiger partial charge on any atom is 0.252 e. The topological polar surface area (TPSA) is 19.6 Å². The molecule has 0 aliphatic carbocycles. The lowest BCUT2D eigenvalue weighted by Gasteiger charge is -2.46. The van der Waals surface area contributed by atoms with Gasteiger partial charge < -0.3 is 23.8 Å².